The van der Waals surface area contributed by atoms with Crippen molar-refractivity contribution in [2.24, 2.45) is 5.73 Å². The summed E-state index contributed by atoms with van der Waals surface area (Å²) in [6.07, 6.45) is 0.628. The first-order chi connectivity index (χ1) is 8.21. The van der Waals surface area contributed by atoms with E-state index >= 15 is 0 Å². The van der Waals surface area contributed by atoms with Gasteiger partial charge in [-0.25, -0.2) is 0 Å². The Morgan fingerprint density at radius 3 is 2.41 bits per heavy atom. The third-order valence-electron chi connectivity index (χ3n) is 2.34. The zero-order valence-corrected chi connectivity index (χ0v) is 10.5. The van der Waals surface area contributed by atoms with Gasteiger partial charge < -0.3 is 20.3 Å². The lowest BCUT2D eigenvalue weighted by Crippen LogP contribution is -2.26. The van der Waals surface area contributed by atoms with Gasteiger partial charge in [-0.15, -0.1) is 0 Å². The van der Waals surface area contributed by atoms with E-state index in [0.717, 1.165) is 17.1 Å². The number of hydrogen-bond donors (Lipinski definition) is 2. The summed E-state index contributed by atoms with van der Waals surface area (Å²) >= 11 is 0. The van der Waals surface area contributed by atoms with Crippen LogP contribution in [0.5, 0.6) is 11.5 Å². The summed E-state index contributed by atoms with van der Waals surface area (Å²) in [5.74, 6) is 1.48. The van der Waals surface area contributed by atoms with Crippen molar-refractivity contribution >= 4 is 0 Å². The van der Waals surface area contributed by atoms with E-state index in [9.17, 15) is 0 Å². The average Bonchev–Trinajstić information content (AvgIpc) is 2.33. The molecule has 1 aromatic carbocycles. The average molecular weight is 239 g/mol. The van der Waals surface area contributed by atoms with E-state index in [1.807, 2.05) is 32.0 Å². The van der Waals surface area contributed by atoms with Crippen LogP contribution in [0.1, 0.15) is 19.4 Å². The number of ether oxygens (including phenoxy) is 2. The minimum absolute atomic E-state index is 0.0167. The van der Waals surface area contributed by atoms with E-state index in [1.165, 1.54) is 0 Å². The van der Waals surface area contributed by atoms with E-state index in [0.29, 0.717) is 19.6 Å². The van der Waals surface area contributed by atoms with Gasteiger partial charge in [-0.3, -0.25) is 0 Å². The Morgan fingerprint density at radius 2 is 1.82 bits per heavy atom. The molecule has 1 rings (SSSR count). The Hall–Kier alpha value is -1.26. The lowest BCUT2D eigenvalue weighted by molar-refractivity contribution is 0.264. The monoisotopic (exact) mass is 239 g/mol. The summed E-state index contributed by atoms with van der Waals surface area (Å²) < 4.78 is 11.0. The Bertz CT molecular complexity index is 341. The van der Waals surface area contributed by atoms with Crippen molar-refractivity contribution in [3.05, 3.63) is 23.8 Å². The first kappa shape index (κ1) is 13.8. The second-order valence-electron chi connectivity index (χ2n) is 3.79. The van der Waals surface area contributed by atoms with Crippen molar-refractivity contribution in [1.29, 1.82) is 0 Å². The molecule has 0 aliphatic heterocycles. The van der Waals surface area contributed by atoms with E-state index in [1.54, 1.807) is 0 Å². The summed E-state index contributed by atoms with van der Waals surface area (Å²) in [7, 11) is 0. The smallest absolute Gasteiger partial charge is 0.161 e. The number of aliphatic hydroxyl groups is 1. The van der Waals surface area contributed by atoms with Crippen LogP contribution in [-0.4, -0.2) is 31.0 Å². The predicted molar refractivity (Wildman–Crippen MR) is 67.5 cm³/mol. The molecule has 96 valence electrons. The SMILES string of the molecule is CCOc1ccc(CC(N)CO)cc1OCC. The fourth-order valence-electron chi connectivity index (χ4n) is 1.59. The third kappa shape index (κ3) is 4.24. The van der Waals surface area contributed by atoms with Gasteiger partial charge in [0.25, 0.3) is 0 Å². The normalized spacial score (nSPS) is 12.2. The summed E-state index contributed by atoms with van der Waals surface area (Å²) in [6.45, 7) is 5.05. The highest BCUT2D eigenvalue weighted by Crippen LogP contribution is 2.28. The Morgan fingerprint density at radius 1 is 1.18 bits per heavy atom. The van der Waals surface area contributed by atoms with Crippen LogP contribution in [0.15, 0.2) is 18.2 Å². The number of rotatable bonds is 7. The van der Waals surface area contributed by atoms with E-state index < -0.39 is 0 Å². The Labute approximate surface area is 102 Å². The standard InChI is InChI=1S/C13H21NO3/c1-3-16-12-6-5-10(7-11(14)9-15)8-13(12)17-4-2/h5-6,8,11,15H,3-4,7,9,14H2,1-2H3. The minimum Gasteiger partial charge on any atom is -0.490 e. The molecule has 17 heavy (non-hydrogen) atoms. The molecule has 1 aromatic rings. The molecule has 0 saturated carbocycles. The van der Waals surface area contributed by atoms with Gasteiger partial charge in [0.1, 0.15) is 0 Å². The van der Waals surface area contributed by atoms with Gasteiger partial charge in [-0.2, -0.15) is 0 Å². The van der Waals surface area contributed by atoms with Crippen molar-refractivity contribution in [2.75, 3.05) is 19.8 Å². The zero-order chi connectivity index (χ0) is 12.7. The van der Waals surface area contributed by atoms with Gasteiger partial charge in [-0.05, 0) is 38.0 Å². The highest BCUT2D eigenvalue weighted by molar-refractivity contribution is 5.43. The minimum atomic E-state index is -0.234. The van der Waals surface area contributed by atoms with E-state index in [4.69, 9.17) is 20.3 Å². The fraction of sp³-hybridized carbons (Fsp3) is 0.538. The van der Waals surface area contributed by atoms with Crippen LogP contribution < -0.4 is 15.2 Å². The molecule has 0 spiro atoms. The molecule has 4 nitrogen and oxygen atoms in total. The molecule has 1 unspecified atom stereocenters. The van der Waals surface area contributed by atoms with Crippen LogP contribution in [0.2, 0.25) is 0 Å². The second-order valence-corrected chi connectivity index (χ2v) is 3.79. The maximum Gasteiger partial charge on any atom is 0.161 e. The van der Waals surface area contributed by atoms with Crippen molar-refractivity contribution < 1.29 is 14.6 Å². The molecule has 0 heterocycles. The summed E-state index contributed by atoms with van der Waals surface area (Å²) in [6, 6.07) is 5.52. The topological polar surface area (TPSA) is 64.7 Å². The Kier molecular flexibility index (Phi) is 5.80. The molecule has 0 radical (unpaired) electrons. The molecule has 1 atom stereocenters. The lowest BCUT2D eigenvalue weighted by atomic mass is 10.1. The van der Waals surface area contributed by atoms with E-state index in [2.05, 4.69) is 0 Å². The molecular formula is C13H21NO3. The first-order valence-corrected chi connectivity index (χ1v) is 5.96. The maximum atomic E-state index is 8.93. The van der Waals surface area contributed by atoms with Crippen molar-refractivity contribution in [1.82, 2.24) is 0 Å². The molecular weight excluding hydrogens is 218 g/mol. The van der Waals surface area contributed by atoms with Gasteiger partial charge >= 0.3 is 0 Å². The Balaban J connectivity index is 2.84. The number of nitrogens with two attached hydrogens (primary N) is 1. The second kappa shape index (κ2) is 7.14. The maximum absolute atomic E-state index is 8.93. The largest absolute Gasteiger partial charge is 0.490 e. The lowest BCUT2D eigenvalue weighted by Gasteiger charge is -2.13. The molecule has 0 amide bonds. The number of hydrogen-bond acceptors (Lipinski definition) is 4. The molecule has 0 bridgehead atoms. The van der Waals surface area contributed by atoms with Gasteiger partial charge in [0.15, 0.2) is 11.5 Å². The van der Waals surface area contributed by atoms with Crippen molar-refractivity contribution in [2.45, 2.75) is 26.3 Å². The van der Waals surface area contributed by atoms with Crippen LogP contribution in [0.25, 0.3) is 0 Å². The van der Waals surface area contributed by atoms with Crippen LogP contribution in [0.3, 0.4) is 0 Å². The highest BCUT2D eigenvalue weighted by Gasteiger charge is 2.08. The zero-order valence-electron chi connectivity index (χ0n) is 10.5. The molecule has 4 heteroatoms. The van der Waals surface area contributed by atoms with Crippen molar-refractivity contribution in [3.63, 3.8) is 0 Å². The van der Waals surface area contributed by atoms with Crippen molar-refractivity contribution in [3.8, 4) is 11.5 Å². The summed E-state index contributed by atoms with van der Waals surface area (Å²) in [4.78, 5) is 0. The molecule has 0 aromatic heterocycles. The van der Waals surface area contributed by atoms with Crippen LogP contribution in [0, 0.1) is 0 Å². The number of benzene rings is 1. The van der Waals surface area contributed by atoms with Crippen LogP contribution in [-0.2, 0) is 6.42 Å². The molecule has 3 N–H and O–H groups in total. The molecule has 0 fully saturated rings. The van der Waals surface area contributed by atoms with E-state index in [-0.39, 0.29) is 12.6 Å². The quantitative estimate of drug-likeness (QED) is 0.753. The molecule has 0 aliphatic rings. The highest BCUT2D eigenvalue weighted by atomic mass is 16.5. The number of aliphatic hydroxyl groups excluding tert-OH is 1. The van der Waals surface area contributed by atoms with Crippen LogP contribution >= 0.6 is 0 Å². The predicted octanol–water partition coefficient (Wildman–Crippen LogP) is 1.35. The van der Waals surface area contributed by atoms with Gasteiger partial charge in [0, 0.05) is 6.04 Å². The third-order valence-corrected chi connectivity index (χ3v) is 2.34. The van der Waals surface area contributed by atoms with Gasteiger partial charge in [0.2, 0.25) is 0 Å². The van der Waals surface area contributed by atoms with Crippen LogP contribution in [0.4, 0.5) is 0 Å². The summed E-state index contributed by atoms with van der Waals surface area (Å²) in [5, 5.41) is 8.93. The first-order valence-electron chi connectivity index (χ1n) is 5.96. The van der Waals surface area contributed by atoms with Gasteiger partial charge in [-0.1, -0.05) is 6.07 Å². The molecule has 0 aliphatic carbocycles. The fourth-order valence-corrected chi connectivity index (χ4v) is 1.59. The van der Waals surface area contributed by atoms with Gasteiger partial charge in [0.05, 0.1) is 19.8 Å². The summed E-state index contributed by atoms with van der Waals surface area (Å²) in [5.41, 5.74) is 6.74. The molecule has 0 saturated heterocycles.